The fourth-order valence-corrected chi connectivity index (χ4v) is 2.48. The molecule has 0 aliphatic rings. The van der Waals surface area contributed by atoms with Gasteiger partial charge in [0, 0.05) is 27.1 Å². The Bertz CT molecular complexity index is 787. The van der Waals surface area contributed by atoms with Crippen molar-refractivity contribution in [1.82, 2.24) is 18.7 Å². The van der Waals surface area contributed by atoms with Crippen LogP contribution in [-0.4, -0.2) is 31.3 Å². The molecule has 0 aliphatic carbocycles. The number of esters is 1. The van der Waals surface area contributed by atoms with Gasteiger partial charge in [-0.25, -0.2) is 9.78 Å². The third-order valence-corrected chi connectivity index (χ3v) is 3.77. The van der Waals surface area contributed by atoms with Crippen molar-refractivity contribution in [3.05, 3.63) is 21.5 Å². The summed E-state index contributed by atoms with van der Waals surface area (Å²) in [6.45, 7) is 2.77. The van der Waals surface area contributed by atoms with Crippen LogP contribution in [0.15, 0.2) is 11.1 Å². The molecule has 8 heteroatoms. The first-order valence-corrected chi connectivity index (χ1v) is 7.14. The van der Waals surface area contributed by atoms with Crippen LogP contribution in [0.4, 0.5) is 0 Å². The first-order valence-electron chi connectivity index (χ1n) is 6.73. The van der Waals surface area contributed by atoms with Crippen LogP contribution in [0, 0.1) is 4.64 Å². The second-order valence-electron chi connectivity index (χ2n) is 4.72. The number of nitrogens with zero attached hydrogens (tertiary/aromatic N) is 4. The van der Waals surface area contributed by atoms with Gasteiger partial charge < -0.3 is 9.30 Å². The van der Waals surface area contributed by atoms with E-state index in [1.807, 2.05) is 4.57 Å². The van der Waals surface area contributed by atoms with Gasteiger partial charge in [-0.15, -0.1) is 0 Å². The number of hydrogen-bond acceptors (Lipinski definition) is 5. The van der Waals surface area contributed by atoms with E-state index in [0.717, 1.165) is 5.52 Å². The smallest absolute Gasteiger partial charge is 0.330 e. The molecule has 0 amide bonds. The fraction of sp³-hybridized carbons (Fsp3) is 0.538. The molecule has 2 aromatic rings. The van der Waals surface area contributed by atoms with Gasteiger partial charge in [0.25, 0.3) is 0 Å². The zero-order chi connectivity index (χ0) is 15.6. The molecule has 0 N–H and O–H groups in total. The van der Waals surface area contributed by atoms with Gasteiger partial charge in [-0.3, -0.25) is 13.9 Å². The van der Waals surface area contributed by atoms with Gasteiger partial charge in [0.2, 0.25) is 0 Å². The molecule has 0 bridgehead atoms. The third kappa shape index (κ3) is 2.90. The highest BCUT2D eigenvalue weighted by molar-refractivity contribution is 7.71. The minimum atomic E-state index is -0.210. The lowest BCUT2D eigenvalue weighted by atomic mass is 10.3. The first-order chi connectivity index (χ1) is 9.97. The lowest BCUT2D eigenvalue weighted by Crippen LogP contribution is -2.28. The Labute approximate surface area is 126 Å². The summed E-state index contributed by atoms with van der Waals surface area (Å²) in [5.74, 6) is -0.210. The van der Waals surface area contributed by atoms with Crippen LogP contribution in [0.5, 0.6) is 0 Å². The average Bonchev–Trinajstić information content (AvgIpc) is 2.87. The Kier molecular flexibility index (Phi) is 4.56. The monoisotopic (exact) mass is 310 g/mol. The van der Waals surface area contributed by atoms with E-state index in [-0.39, 0.29) is 11.7 Å². The number of ether oxygens (including phenoxy) is 1. The van der Waals surface area contributed by atoms with Crippen molar-refractivity contribution in [3.8, 4) is 0 Å². The van der Waals surface area contributed by atoms with Crippen molar-refractivity contribution in [2.75, 3.05) is 6.61 Å². The summed E-state index contributed by atoms with van der Waals surface area (Å²) in [5.41, 5.74) is 1.09. The van der Waals surface area contributed by atoms with Crippen molar-refractivity contribution in [3.63, 3.8) is 0 Å². The molecule has 0 saturated heterocycles. The Hall–Kier alpha value is -1.96. The van der Waals surface area contributed by atoms with Crippen molar-refractivity contribution < 1.29 is 9.53 Å². The van der Waals surface area contributed by atoms with E-state index >= 15 is 0 Å². The van der Waals surface area contributed by atoms with Crippen molar-refractivity contribution in [2.45, 2.75) is 26.3 Å². The maximum Gasteiger partial charge on any atom is 0.330 e. The van der Waals surface area contributed by atoms with Crippen LogP contribution >= 0.6 is 12.2 Å². The summed E-state index contributed by atoms with van der Waals surface area (Å²) in [7, 11) is 3.30. The zero-order valence-electron chi connectivity index (χ0n) is 12.3. The van der Waals surface area contributed by atoms with Gasteiger partial charge in [0.15, 0.2) is 5.65 Å². The van der Waals surface area contributed by atoms with Crippen LogP contribution < -0.4 is 5.69 Å². The largest absolute Gasteiger partial charge is 0.466 e. The van der Waals surface area contributed by atoms with E-state index in [1.54, 1.807) is 27.3 Å². The second kappa shape index (κ2) is 6.21. The molecule has 2 aromatic heterocycles. The molecule has 21 heavy (non-hydrogen) atoms. The maximum absolute atomic E-state index is 11.9. The molecular weight excluding hydrogens is 292 g/mol. The summed E-state index contributed by atoms with van der Waals surface area (Å²) >= 11 is 5.32. The number of carbonyl (C=O) groups is 1. The topological polar surface area (TPSA) is 71.1 Å². The number of fused-ring (bicyclic) bond motifs is 1. The van der Waals surface area contributed by atoms with Crippen molar-refractivity contribution in [2.24, 2.45) is 14.1 Å². The highest BCUT2D eigenvalue weighted by atomic mass is 32.1. The summed E-state index contributed by atoms with van der Waals surface area (Å²) in [6, 6.07) is 0. The number of hydrogen-bond donors (Lipinski definition) is 0. The fourth-order valence-electron chi connectivity index (χ4n) is 2.19. The van der Waals surface area contributed by atoms with Gasteiger partial charge in [0.05, 0.1) is 12.9 Å². The maximum atomic E-state index is 11.9. The summed E-state index contributed by atoms with van der Waals surface area (Å²) in [6.07, 6.45) is 2.62. The predicted octanol–water partition coefficient (Wildman–Crippen LogP) is 1.15. The van der Waals surface area contributed by atoms with Gasteiger partial charge >= 0.3 is 11.7 Å². The second-order valence-corrected chi connectivity index (χ2v) is 5.11. The number of rotatable bonds is 5. The van der Waals surface area contributed by atoms with Gasteiger partial charge in [0.1, 0.15) is 10.2 Å². The molecular formula is C13H18N4O3S. The highest BCUT2D eigenvalue weighted by Gasteiger charge is 2.12. The van der Waals surface area contributed by atoms with E-state index in [1.165, 1.54) is 9.13 Å². The molecule has 0 unspecified atom stereocenters. The molecule has 0 fully saturated rings. The molecule has 0 spiro atoms. The predicted molar refractivity (Wildman–Crippen MR) is 80.6 cm³/mol. The van der Waals surface area contributed by atoms with Crippen LogP contribution in [0.25, 0.3) is 11.2 Å². The van der Waals surface area contributed by atoms with Crippen LogP contribution in [0.1, 0.15) is 19.8 Å². The lowest BCUT2D eigenvalue weighted by molar-refractivity contribution is -0.143. The molecule has 0 aromatic carbocycles. The Morgan fingerprint density at radius 2 is 2.10 bits per heavy atom. The van der Waals surface area contributed by atoms with Crippen molar-refractivity contribution in [1.29, 1.82) is 0 Å². The highest BCUT2D eigenvalue weighted by Crippen LogP contribution is 2.13. The lowest BCUT2D eigenvalue weighted by Gasteiger charge is -2.08. The van der Waals surface area contributed by atoms with E-state index < -0.39 is 0 Å². The number of aromatic nitrogens is 4. The minimum absolute atomic E-state index is 0.204. The van der Waals surface area contributed by atoms with E-state index in [0.29, 0.717) is 36.3 Å². The number of imidazole rings is 1. The van der Waals surface area contributed by atoms with Crippen LogP contribution in [0.2, 0.25) is 0 Å². The number of carbonyl (C=O) groups excluding carboxylic acids is 1. The molecule has 114 valence electrons. The zero-order valence-corrected chi connectivity index (χ0v) is 13.1. The standard InChI is InChI=1S/C13H18N4O3S/c1-4-20-9(18)6-5-7-17-8-14-11-10(17)12(21)16(3)13(19)15(11)2/h8H,4-7H2,1-3H3. The molecule has 2 heterocycles. The van der Waals surface area contributed by atoms with Crippen LogP contribution in [-0.2, 0) is 30.2 Å². The van der Waals surface area contributed by atoms with E-state index in [2.05, 4.69) is 4.98 Å². The molecule has 0 aliphatic heterocycles. The molecule has 0 saturated carbocycles. The van der Waals surface area contributed by atoms with Gasteiger partial charge in [-0.05, 0) is 13.3 Å². The summed E-state index contributed by atoms with van der Waals surface area (Å²) in [4.78, 5) is 27.5. The molecule has 0 radical (unpaired) electrons. The summed E-state index contributed by atoms with van der Waals surface area (Å²) in [5, 5.41) is 0. The first kappa shape index (κ1) is 15.4. The third-order valence-electron chi connectivity index (χ3n) is 3.30. The molecule has 2 rings (SSSR count). The molecule has 7 nitrogen and oxygen atoms in total. The average molecular weight is 310 g/mol. The van der Waals surface area contributed by atoms with Crippen LogP contribution in [0.3, 0.4) is 0 Å². The molecule has 0 atom stereocenters. The van der Waals surface area contributed by atoms with E-state index in [4.69, 9.17) is 17.0 Å². The van der Waals surface area contributed by atoms with E-state index in [9.17, 15) is 9.59 Å². The van der Waals surface area contributed by atoms with Crippen molar-refractivity contribution >= 4 is 29.4 Å². The quantitative estimate of drug-likeness (QED) is 0.612. The Morgan fingerprint density at radius 3 is 2.76 bits per heavy atom. The normalized spacial score (nSPS) is 11.0. The Balaban J connectivity index is 2.29. The SMILES string of the molecule is CCOC(=O)CCCn1cnc2c1c(=S)n(C)c(=O)n2C. The Morgan fingerprint density at radius 1 is 1.38 bits per heavy atom. The summed E-state index contributed by atoms with van der Waals surface area (Å²) < 4.78 is 10.1. The van der Waals surface area contributed by atoms with Gasteiger partial charge in [-0.2, -0.15) is 0 Å². The number of aryl methyl sites for hydroxylation is 2. The van der Waals surface area contributed by atoms with Gasteiger partial charge in [-0.1, -0.05) is 12.2 Å². The minimum Gasteiger partial charge on any atom is -0.466 e.